The lowest BCUT2D eigenvalue weighted by atomic mass is 10.1. The molecule has 0 spiro atoms. The van der Waals surface area contributed by atoms with Crippen molar-refractivity contribution in [3.8, 4) is 0 Å². The van der Waals surface area contributed by atoms with E-state index in [2.05, 4.69) is 10.2 Å². The van der Waals surface area contributed by atoms with Crippen LogP contribution >= 0.6 is 0 Å². The molecule has 6 heteroatoms. The van der Waals surface area contributed by atoms with Crippen molar-refractivity contribution < 1.29 is 9.13 Å². The first-order chi connectivity index (χ1) is 8.63. The minimum atomic E-state index is -0.334. The number of guanidine groups is 1. The van der Waals surface area contributed by atoms with Crippen LogP contribution in [0, 0.1) is 5.82 Å². The Bertz CT molecular complexity index is 442. The topological polar surface area (TPSA) is 86.0 Å². The zero-order chi connectivity index (χ0) is 13.4. The van der Waals surface area contributed by atoms with Crippen LogP contribution in [0.15, 0.2) is 28.4 Å². The van der Waals surface area contributed by atoms with E-state index in [1.165, 1.54) is 12.3 Å². The lowest BCUT2D eigenvalue weighted by Gasteiger charge is -2.04. The number of rotatable bonds is 6. The predicted octanol–water partition coefficient (Wildman–Crippen LogP) is 1.36. The average molecular weight is 252 g/mol. The summed E-state index contributed by atoms with van der Waals surface area (Å²) in [5.74, 6) is -0.476. The highest BCUT2D eigenvalue weighted by molar-refractivity contribution is 5.81. The molecule has 5 nitrogen and oxygen atoms in total. The van der Waals surface area contributed by atoms with Gasteiger partial charge in [0.05, 0.1) is 12.8 Å². The minimum absolute atomic E-state index is 0.142. The fourth-order valence-electron chi connectivity index (χ4n) is 1.25. The molecular formula is C12H17FN4O. The first-order valence-corrected chi connectivity index (χ1v) is 5.61. The summed E-state index contributed by atoms with van der Waals surface area (Å²) in [6.07, 6.45) is 2.28. The fraction of sp³-hybridized carbons (Fsp3) is 0.333. The molecule has 1 aromatic rings. The van der Waals surface area contributed by atoms with E-state index in [0.29, 0.717) is 17.7 Å². The van der Waals surface area contributed by atoms with Crippen molar-refractivity contribution >= 4 is 12.2 Å². The Morgan fingerprint density at radius 1 is 1.44 bits per heavy atom. The SMILES string of the molecule is CCCOCc1ccc(C=NN=C(N)N)cc1F. The van der Waals surface area contributed by atoms with E-state index in [1.807, 2.05) is 6.92 Å². The molecule has 0 fully saturated rings. The molecule has 98 valence electrons. The van der Waals surface area contributed by atoms with Crippen LogP contribution in [0.5, 0.6) is 0 Å². The van der Waals surface area contributed by atoms with Gasteiger partial charge in [-0.3, -0.25) is 0 Å². The van der Waals surface area contributed by atoms with Crippen molar-refractivity contribution in [1.29, 1.82) is 0 Å². The van der Waals surface area contributed by atoms with Crippen molar-refractivity contribution in [2.75, 3.05) is 6.61 Å². The zero-order valence-electron chi connectivity index (χ0n) is 10.3. The first kappa shape index (κ1) is 14.1. The third-order valence-electron chi connectivity index (χ3n) is 2.06. The normalized spacial score (nSPS) is 10.8. The van der Waals surface area contributed by atoms with Crippen LogP contribution in [0.4, 0.5) is 4.39 Å². The average Bonchev–Trinajstić information content (AvgIpc) is 2.31. The van der Waals surface area contributed by atoms with Crippen molar-refractivity contribution in [2.45, 2.75) is 20.0 Å². The van der Waals surface area contributed by atoms with Crippen molar-refractivity contribution in [2.24, 2.45) is 21.7 Å². The summed E-state index contributed by atoms with van der Waals surface area (Å²) in [4.78, 5) is 0. The molecule has 18 heavy (non-hydrogen) atoms. The molecule has 1 rings (SSSR count). The second kappa shape index (κ2) is 7.39. The van der Waals surface area contributed by atoms with Gasteiger partial charge in [0.1, 0.15) is 5.82 Å². The Morgan fingerprint density at radius 2 is 2.22 bits per heavy atom. The van der Waals surface area contributed by atoms with Crippen LogP contribution in [0.3, 0.4) is 0 Å². The van der Waals surface area contributed by atoms with Crippen LogP contribution < -0.4 is 11.5 Å². The van der Waals surface area contributed by atoms with Gasteiger partial charge in [0.2, 0.25) is 5.96 Å². The third kappa shape index (κ3) is 4.92. The smallest absolute Gasteiger partial charge is 0.211 e. The second-order valence-electron chi connectivity index (χ2n) is 3.67. The summed E-state index contributed by atoms with van der Waals surface area (Å²) in [6.45, 7) is 2.89. The predicted molar refractivity (Wildman–Crippen MR) is 69.8 cm³/mol. The number of hydrogen-bond acceptors (Lipinski definition) is 3. The van der Waals surface area contributed by atoms with Crippen molar-refractivity contribution in [3.63, 3.8) is 0 Å². The molecule has 0 atom stereocenters. The number of nitrogens with two attached hydrogens (primary N) is 2. The van der Waals surface area contributed by atoms with E-state index in [-0.39, 0.29) is 18.4 Å². The third-order valence-corrected chi connectivity index (χ3v) is 2.06. The zero-order valence-corrected chi connectivity index (χ0v) is 10.3. The quantitative estimate of drug-likeness (QED) is 0.347. The van der Waals surface area contributed by atoms with Gasteiger partial charge in [0.15, 0.2) is 0 Å². The summed E-state index contributed by atoms with van der Waals surface area (Å²) in [5.41, 5.74) is 11.3. The molecule has 1 aromatic carbocycles. The monoisotopic (exact) mass is 252 g/mol. The molecular weight excluding hydrogens is 235 g/mol. The Balaban J connectivity index is 2.67. The fourth-order valence-corrected chi connectivity index (χ4v) is 1.25. The first-order valence-electron chi connectivity index (χ1n) is 5.61. The standard InChI is InChI=1S/C12H17FN4O/c1-2-5-18-8-10-4-3-9(6-11(10)13)7-16-17-12(14)15/h3-4,6-7H,2,5,8H2,1H3,(H4,14,15,17). The summed E-state index contributed by atoms with van der Waals surface area (Å²) >= 11 is 0. The lowest BCUT2D eigenvalue weighted by molar-refractivity contribution is 0.119. The van der Waals surface area contributed by atoms with Gasteiger partial charge in [-0.1, -0.05) is 19.1 Å². The van der Waals surface area contributed by atoms with Crippen molar-refractivity contribution in [3.05, 3.63) is 35.1 Å². The minimum Gasteiger partial charge on any atom is -0.377 e. The van der Waals surface area contributed by atoms with Crippen LogP contribution in [-0.2, 0) is 11.3 Å². The molecule has 0 saturated heterocycles. The summed E-state index contributed by atoms with van der Waals surface area (Å²) < 4.78 is 18.9. The van der Waals surface area contributed by atoms with Gasteiger partial charge in [-0.05, 0) is 18.1 Å². The molecule has 0 aliphatic rings. The van der Waals surface area contributed by atoms with E-state index in [0.717, 1.165) is 6.42 Å². The van der Waals surface area contributed by atoms with Gasteiger partial charge >= 0.3 is 0 Å². The number of benzene rings is 1. The molecule has 0 bridgehead atoms. The molecule has 0 heterocycles. The lowest BCUT2D eigenvalue weighted by Crippen LogP contribution is -2.21. The number of halogens is 1. The van der Waals surface area contributed by atoms with Crippen LogP contribution in [-0.4, -0.2) is 18.8 Å². The van der Waals surface area contributed by atoms with Crippen molar-refractivity contribution in [1.82, 2.24) is 0 Å². The maximum atomic E-state index is 13.6. The van der Waals surface area contributed by atoms with Gasteiger partial charge in [-0.2, -0.15) is 5.10 Å². The Kier molecular flexibility index (Phi) is 5.79. The van der Waals surface area contributed by atoms with Crippen LogP contribution in [0.1, 0.15) is 24.5 Å². The Labute approximate surface area is 105 Å². The number of ether oxygens (including phenoxy) is 1. The highest BCUT2D eigenvalue weighted by atomic mass is 19.1. The number of nitrogens with zero attached hydrogens (tertiary/aromatic N) is 2. The van der Waals surface area contributed by atoms with E-state index in [9.17, 15) is 4.39 Å². The Morgan fingerprint density at radius 3 is 2.83 bits per heavy atom. The van der Waals surface area contributed by atoms with Gasteiger partial charge in [0.25, 0.3) is 0 Å². The van der Waals surface area contributed by atoms with Gasteiger partial charge in [-0.15, -0.1) is 5.10 Å². The summed E-state index contributed by atoms with van der Waals surface area (Å²) in [6, 6.07) is 4.73. The maximum absolute atomic E-state index is 13.6. The number of hydrogen-bond donors (Lipinski definition) is 2. The largest absolute Gasteiger partial charge is 0.377 e. The van der Waals surface area contributed by atoms with Gasteiger partial charge in [-0.25, -0.2) is 4.39 Å². The molecule has 0 aliphatic heterocycles. The molecule has 4 N–H and O–H groups in total. The van der Waals surface area contributed by atoms with Crippen LogP contribution in [0.2, 0.25) is 0 Å². The van der Waals surface area contributed by atoms with E-state index in [1.54, 1.807) is 12.1 Å². The van der Waals surface area contributed by atoms with Crippen LogP contribution in [0.25, 0.3) is 0 Å². The van der Waals surface area contributed by atoms with Gasteiger partial charge in [0, 0.05) is 12.2 Å². The highest BCUT2D eigenvalue weighted by Crippen LogP contribution is 2.10. The molecule has 0 aromatic heterocycles. The van der Waals surface area contributed by atoms with E-state index in [4.69, 9.17) is 16.2 Å². The molecule has 0 unspecified atom stereocenters. The maximum Gasteiger partial charge on any atom is 0.211 e. The summed E-state index contributed by atoms with van der Waals surface area (Å²) in [5, 5.41) is 7.03. The highest BCUT2D eigenvalue weighted by Gasteiger charge is 2.02. The molecule has 0 amide bonds. The summed E-state index contributed by atoms with van der Waals surface area (Å²) in [7, 11) is 0. The molecule has 0 radical (unpaired) electrons. The van der Waals surface area contributed by atoms with E-state index >= 15 is 0 Å². The van der Waals surface area contributed by atoms with E-state index < -0.39 is 0 Å². The molecule has 0 saturated carbocycles. The second-order valence-corrected chi connectivity index (χ2v) is 3.67. The molecule has 0 aliphatic carbocycles. The Hall–Kier alpha value is -1.95. The van der Waals surface area contributed by atoms with Gasteiger partial charge < -0.3 is 16.2 Å².